The van der Waals surface area contributed by atoms with Gasteiger partial charge in [0.15, 0.2) is 6.61 Å². The van der Waals surface area contributed by atoms with E-state index in [2.05, 4.69) is 11.5 Å². The van der Waals surface area contributed by atoms with E-state index in [9.17, 15) is 14.7 Å². The van der Waals surface area contributed by atoms with Crippen molar-refractivity contribution in [2.75, 3.05) is 6.61 Å². The van der Waals surface area contributed by atoms with E-state index in [0.29, 0.717) is 23.8 Å². The molecule has 1 N–H and O–H groups in total. The first kappa shape index (κ1) is 18.7. The Morgan fingerprint density at radius 3 is 2.48 bits per heavy atom. The van der Waals surface area contributed by atoms with Crippen LogP contribution >= 0.6 is 0 Å². The zero-order chi connectivity index (χ0) is 19.4. The number of ketones is 1. The Labute approximate surface area is 161 Å². The number of aryl methyl sites for hydroxylation is 1. The maximum Gasteiger partial charge on any atom is 0.312 e. The molecule has 4 bridgehead atoms. The molecule has 1 aromatic heterocycles. The summed E-state index contributed by atoms with van der Waals surface area (Å²) in [6, 6.07) is 1.90. The van der Waals surface area contributed by atoms with E-state index in [-0.39, 0.29) is 18.4 Å². The maximum atomic E-state index is 12.9. The van der Waals surface area contributed by atoms with Crippen molar-refractivity contribution in [3.8, 4) is 0 Å². The summed E-state index contributed by atoms with van der Waals surface area (Å²) in [5, 5.41) is 10.8. The van der Waals surface area contributed by atoms with E-state index < -0.39 is 11.0 Å². The van der Waals surface area contributed by atoms with Gasteiger partial charge in [-0.05, 0) is 76.7 Å². The first-order valence-electron chi connectivity index (χ1n) is 10.3. The van der Waals surface area contributed by atoms with Crippen molar-refractivity contribution in [3.05, 3.63) is 23.0 Å². The van der Waals surface area contributed by atoms with Crippen molar-refractivity contribution in [3.63, 3.8) is 0 Å². The van der Waals surface area contributed by atoms with E-state index in [1.165, 1.54) is 0 Å². The number of Topliss-reactive ketones (excluding diaryl/α,β-unsaturated/α-hetero) is 1. The lowest BCUT2D eigenvalue weighted by molar-refractivity contribution is -0.195. The highest BCUT2D eigenvalue weighted by atomic mass is 16.5. The summed E-state index contributed by atoms with van der Waals surface area (Å²) in [6.45, 7) is 6.75. The number of hydrogen-bond acceptors (Lipinski definition) is 4. The molecular weight excluding hydrogens is 342 g/mol. The van der Waals surface area contributed by atoms with Crippen LogP contribution in [0, 0.1) is 31.1 Å². The van der Waals surface area contributed by atoms with Gasteiger partial charge in [-0.25, -0.2) is 0 Å². The molecule has 2 atom stereocenters. The molecule has 5 rings (SSSR count). The Hall–Kier alpha value is -1.62. The van der Waals surface area contributed by atoms with Gasteiger partial charge >= 0.3 is 5.97 Å². The second kappa shape index (κ2) is 6.47. The van der Waals surface area contributed by atoms with Crippen LogP contribution in [0.5, 0.6) is 0 Å². The molecule has 2 unspecified atom stereocenters. The molecular formula is C22H31NO4. The SMILES string of the molecule is CCCn1c(C)cc(C(=O)COC(=O)C23CC4CC(CC(O)(C4)C2)C3)c1C. The minimum absolute atomic E-state index is 0.137. The van der Waals surface area contributed by atoms with Gasteiger partial charge in [0, 0.05) is 23.5 Å². The third-order valence-electron chi connectivity index (χ3n) is 7.12. The van der Waals surface area contributed by atoms with Crippen molar-refractivity contribution in [1.29, 1.82) is 0 Å². The number of aromatic nitrogens is 1. The van der Waals surface area contributed by atoms with Crippen LogP contribution in [-0.4, -0.2) is 33.6 Å². The molecule has 4 aliphatic carbocycles. The molecule has 148 valence electrons. The van der Waals surface area contributed by atoms with Crippen LogP contribution in [0.2, 0.25) is 0 Å². The second-order valence-corrected chi connectivity index (χ2v) is 9.40. The topological polar surface area (TPSA) is 68.5 Å². The lowest BCUT2D eigenvalue weighted by atomic mass is 9.48. The summed E-state index contributed by atoms with van der Waals surface area (Å²) >= 11 is 0. The molecule has 1 heterocycles. The molecule has 27 heavy (non-hydrogen) atoms. The predicted molar refractivity (Wildman–Crippen MR) is 102 cm³/mol. The van der Waals surface area contributed by atoms with Crippen LogP contribution in [-0.2, 0) is 16.1 Å². The van der Waals surface area contributed by atoms with Gasteiger partial charge in [0.25, 0.3) is 0 Å². The average molecular weight is 373 g/mol. The Balaban J connectivity index is 1.44. The van der Waals surface area contributed by atoms with Crippen molar-refractivity contribution >= 4 is 11.8 Å². The van der Waals surface area contributed by atoms with Gasteiger partial charge in [-0.15, -0.1) is 0 Å². The van der Waals surface area contributed by atoms with Crippen molar-refractivity contribution in [2.24, 2.45) is 17.3 Å². The normalized spacial score (nSPS) is 34.1. The number of nitrogens with zero attached hydrogens (tertiary/aromatic N) is 1. The van der Waals surface area contributed by atoms with Crippen LogP contribution in [0.1, 0.15) is 73.6 Å². The van der Waals surface area contributed by atoms with Crippen LogP contribution in [0.25, 0.3) is 0 Å². The Kier molecular flexibility index (Phi) is 4.49. The van der Waals surface area contributed by atoms with E-state index in [1.807, 2.05) is 19.9 Å². The number of esters is 1. The van der Waals surface area contributed by atoms with Crippen molar-refractivity contribution in [2.45, 2.75) is 77.9 Å². The summed E-state index contributed by atoms with van der Waals surface area (Å²) in [5.41, 5.74) is 1.39. The summed E-state index contributed by atoms with van der Waals surface area (Å²) in [6.07, 6.45) is 5.90. The van der Waals surface area contributed by atoms with Crippen molar-refractivity contribution in [1.82, 2.24) is 4.57 Å². The maximum absolute atomic E-state index is 12.9. The van der Waals surface area contributed by atoms with Crippen LogP contribution in [0.15, 0.2) is 6.07 Å². The molecule has 0 amide bonds. The average Bonchev–Trinajstić information content (AvgIpc) is 2.86. The number of hydrogen-bond donors (Lipinski definition) is 1. The monoisotopic (exact) mass is 373 g/mol. The molecule has 4 saturated carbocycles. The zero-order valence-corrected chi connectivity index (χ0v) is 16.7. The van der Waals surface area contributed by atoms with Gasteiger partial charge in [-0.1, -0.05) is 6.92 Å². The van der Waals surface area contributed by atoms with E-state index in [4.69, 9.17) is 4.74 Å². The summed E-state index contributed by atoms with van der Waals surface area (Å²) in [4.78, 5) is 25.6. The lowest BCUT2D eigenvalue weighted by Gasteiger charge is -2.58. The highest BCUT2D eigenvalue weighted by Crippen LogP contribution is 2.61. The van der Waals surface area contributed by atoms with Gasteiger partial charge in [0.1, 0.15) is 0 Å². The van der Waals surface area contributed by atoms with Crippen LogP contribution in [0.3, 0.4) is 0 Å². The molecule has 5 heteroatoms. The van der Waals surface area contributed by atoms with Gasteiger partial charge in [0.05, 0.1) is 11.0 Å². The van der Waals surface area contributed by atoms with Gasteiger partial charge in [-0.2, -0.15) is 0 Å². The molecule has 0 aromatic carbocycles. The minimum atomic E-state index is -0.696. The molecule has 0 spiro atoms. The van der Waals surface area contributed by atoms with Crippen LogP contribution in [0.4, 0.5) is 0 Å². The summed E-state index contributed by atoms with van der Waals surface area (Å²) in [7, 11) is 0. The number of carbonyl (C=O) groups is 2. The molecule has 4 aliphatic rings. The Morgan fingerprint density at radius 1 is 1.22 bits per heavy atom. The Morgan fingerprint density at radius 2 is 1.89 bits per heavy atom. The Bertz CT molecular complexity index is 764. The predicted octanol–water partition coefficient (Wildman–Crippen LogP) is 3.57. The number of carbonyl (C=O) groups excluding carboxylic acids is 2. The quantitative estimate of drug-likeness (QED) is 0.611. The smallest absolute Gasteiger partial charge is 0.312 e. The summed E-state index contributed by atoms with van der Waals surface area (Å²) < 4.78 is 7.69. The van der Waals surface area contributed by atoms with Gasteiger partial charge in [0.2, 0.25) is 5.78 Å². The van der Waals surface area contributed by atoms with E-state index in [0.717, 1.165) is 56.5 Å². The molecule has 0 radical (unpaired) electrons. The minimum Gasteiger partial charge on any atom is -0.457 e. The number of ether oxygens (including phenoxy) is 1. The zero-order valence-electron chi connectivity index (χ0n) is 16.7. The highest BCUT2D eigenvalue weighted by Gasteiger charge is 2.60. The molecule has 5 nitrogen and oxygen atoms in total. The summed E-state index contributed by atoms with van der Waals surface area (Å²) in [5.74, 6) is 0.438. The standard InChI is InChI=1S/C22H31NO4/c1-4-5-23-14(2)6-18(15(23)3)19(24)12-27-20(25)21-8-16-7-17(9-21)11-22(26,10-16)13-21/h6,16-17,26H,4-5,7-13H2,1-3H3. The van der Waals surface area contributed by atoms with Crippen LogP contribution < -0.4 is 0 Å². The van der Waals surface area contributed by atoms with E-state index >= 15 is 0 Å². The molecule has 0 saturated heterocycles. The highest BCUT2D eigenvalue weighted by molar-refractivity contribution is 5.99. The van der Waals surface area contributed by atoms with Crippen molar-refractivity contribution < 1.29 is 19.4 Å². The fraction of sp³-hybridized carbons (Fsp3) is 0.727. The van der Waals surface area contributed by atoms with E-state index in [1.54, 1.807) is 0 Å². The van der Waals surface area contributed by atoms with Gasteiger partial charge in [-0.3, -0.25) is 9.59 Å². The molecule has 4 fully saturated rings. The fourth-order valence-corrected chi connectivity index (χ4v) is 6.47. The fourth-order valence-electron chi connectivity index (χ4n) is 6.47. The second-order valence-electron chi connectivity index (χ2n) is 9.40. The largest absolute Gasteiger partial charge is 0.457 e. The first-order valence-corrected chi connectivity index (χ1v) is 10.3. The van der Waals surface area contributed by atoms with Gasteiger partial charge < -0.3 is 14.4 Å². The number of aliphatic hydroxyl groups is 1. The molecule has 1 aromatic rings. The third-order valence-corrected chi connectivity index (χ3v) is 7.12. The molecule has 0 aliphatic heterocycles. The lowest BCUT2D eigenvalue weighted by Crippen LogP contribution is -2.58. The third kappa shape index (κ3) is 3.14. The first-order chi connectivity index (χ1) is 12.8. The number of rotatable bonds is 6.